The Morgan fingerprint density at radius 1 is 0.459 bits per heavy atom. The molecule has 0 amide bonds. The van der Waals surface area contributed by atoms with Gasteiger partial charge in [-0.15, -0.1) is 0 Å². The standard InChI is InChI=1S/3C9H15NO2.Fe/c3*1-8(11)7-9(12)10-5-3-2-4-6-10;/h3*7,12H,2-6H2,1H3;. The van der Waals surface area contributed by atoms with E-state index < -0.39 is 0 Å². The summed E-state index contributed by atoms with van der Waals surface area (Å²) < 4.78 is 0. The molecule has 9 nitrogen and oxygen atoms in total. The summed E-state index contributed by atoms with van der Waals surface area (Å²) in [4.78, 5) is 37.5. The van der Waals surface area contributed by atoms with Crippen molar-refractivity contribution in [3.8, 4) is 0 Å². The fraction of sp³-hybridized carbons (Fsp3) is 0.667. The van der Waals surface area contributed by atoms with Crippen molar-refractivity contribution < 1.29 is 46.8 Å². The molecule has 0 atom stereocenters. The summed E-state index contributed by atoms with van der Waals surface area (Å²) in [7, 11) is 0. The second-order valence-corrected chi connectivity index (χ2v) is 9.48. The first-order valence-corrected chi connectivity index (χ1v) is 13.1. The van der Waals surface area contributed by atoms with Crippen molar-refractivity contribution in [2.75, 3.05) is 39.3 Å². The van der Waals surface area contributed by atoms with Crippen LogP contribution >= 0.6 is 0 Å². The average molecular weight is 564 g/mol. The molecule has 3 saturated heterocycles. The van der Waals surface area contributed by atoms with Crippen LogP contribution in [0, 0.1) is 0 Å². The first-order chi connectivity index (χ1) is 17.1. The van der Waals surface area contributed by atoms with Gasteiger partial charge in [0.05, 0.1) is 0 Å². The average Bonchev–Trinajstić information content (AvgIpc) is 2.85. The molecule has 3 aliphatic heterocycles. The van der Waals surface area contributed by atoms with E-state index in [-0.39, 0.29) is 52.1 Å². The summed E-state index contributed by atoms with van der Waals surface area (Å²) in [5.41, 5.74) is 0. The molecule has 0 aromatic carbocycles. The van der Waals surface area contributed by atoms with Gasteiger partial charge >= 0.3 is 0 Å². The van der Waals surface area contributed by atoms with E-state index in [1.165, 1.54) is 58.3 Å². The summed E-state index contributed by atoms with van der Waals surface area (Å²) in [6.45, 7) is 9.56. The Labute approximate surface area is 232 Å². The second kappa shape index (κ2) is 19.6. The number of allylic oxidation sites excluding steroid dienone is 3. The zero-order valence-corrected chi connectivity index (χ0v) is 23.7. The quantitative estimate of drug-likeness (QED) is 0.246. The van der Waals surface area contributed by atoms with Crippen molar-refractivity contribution >= 4 is 17.3 Å². The topological polar surface area (TPSA) is 122 Å². The van der Waals surface area contributed by atoms with Crippen LogP contribution in [0.4, 0.5) is 0 Å². The number of aliphatic hydroxyl groups excluding tert-OH is 3. The van der Waals surface area contributed by atoms with E-state index in [0.29, 0.717) is 0 Å². The Balaban J connectivity index is 0.000000518. The summed E-state index contributed by atoms with van der Waals surface area (Å²) in [6, 6.07) is 0. The van der Waals surface area contributed by atoms with Crippen molar-refractivity contribution in [3.63, 3.8) is 0 Å². The van der Waals surface area contributed by atoms with Crippen LogP contribution in [0.1, 0.15) is 78.6 Å². The normalized spacial score (nSPS) is 18.9. The minimum atomic E-state index is -0.0990. The SMILES string of the molecule is CC(=O)C=C(O)N1CCCCC1.CC(=O)C=C(O)N1CCCCC1.CC(=O)C=C(O)N1CCCCC1.[Fe]. The maximum atomic E-state index is 10.6. The van der Waals surface area contributed by atoms with Crippen LogP contribution < -0.4 is 0 Å². The van der Waals surface area contributed by atoms with Crippen LogP contribution in [-0.4, -0.2) is 86.6 Å². The third-order valence-electron chi connectivity index (χ3n) is 6.04. The number of carbonyl (C=O) groups excluding carboxylic acids is 3. The number of hydrogen-bond donors (Lipinski definition) is 3. The monoisotopic (exact) mass is 563 g/mol. The fourth-order valence-corrected chi connectivity index (χ4v) is 4.19. The molecule has 3 fully saturated rings. The van der Waals surface area contributed by atoms with Gasteiger partial charge in [0.1, 0.15) is 0 Å². The van der Waals surface area contributed by atoms with Gasteiger partial charge in [0.2, 0.25) is 0 Å². The first-order valence-electron chi connectivity index (χ1n) is 13.1. The molecule has 37 heavy (non-hydrogen) atoms. The number of ketones is 3. The number of rotatable bonds is 6. The maximum absolute atomic E-state index is 10.6. The largest absolute Gasteiger partial charge is 0.495 e. The van der Waals surface area contributed by atoms with Crippen molar-refractivity contribution in [1.82, 2.24) is 14.7 Å². The molecule has 0 radical (unpaired) electrons. The molecule has 0 spiro atoms. The number of aliphatic hydroxyl groups is 3. The number of hydrogen-bond acceptors (Lipinski definition) is 9. The van der Waals surface area contributed by atoms with Crippen molar-refractivity contribution in [3.05, 3.63) is 35.9 Å². The van der Waals surface area contributed by atoms with Gasteiger partial charge in [0.15, 0.2) is 35.0 Å². The summed E-state index contributed by atoms with van der Waals surface area (Å²) >= 11 is 0. The summed E-state index contributed by atoms with van der Waals surface area (Å²) in [5.74, 6) is 0.0841. The molecule has 212 valence electrons. The minimum Gasteiger partial charge on any atom is -0.495 e. The molecule has 0 unspecified atom stereocenters. The van der Waals surface area contributed by atoms with E-state index in [9.17, 15) is 29.7 Å². The van der Waals surface area contributed by atoms with E-state index in [0.717, 1.165) is 77.8 Å². The zero-order chi connectivity index (χ0) is 26.9. The Bertz CT molecular complexity index is 689. The smallest absolute Gasteiger partial charge is 0.190 e. The molecule has 0 bridgehead atoms. The van der Waals surface area contributed by atoms with Crippen molar-refractivity contribution in [1.29, 1.82) is 0 Å². The van der Waals surface area contributed by atoms with Gasteiger partial charge in [0, 0.05) is 74.6 Å². The Morgan fingerprint density at radius 3 is 0.811 bits per heavy atom. The van der Waals surface area contributed by atoms with Gasteiger partial charge in [-0.05, 0) is 78.6 Å². The molecular formula is C27H45FeN3O6. The van der Waals surface area contributed by atoms with E-state index in [2.05, 4.69) is 0 Å². The maximum Gasteiger partial charge on any atom is 0.190 e. The third-order valence-corrected chi connectivity index (χ3v) is 6.04. The van der Waals surface area contributed by atoms with Crippen LogP contribution in [0.15, 0.2) is 35.9 Å². The van der Waals surface area contributed by atoms with Crippen molar-refractivity contribution in [2.24, 2.45) is 0 Å². The molecule has 0 saturated carbocycles. The minimum absolute atomic E-state index is 0. The molecule has 0 aromatic rings. The molecule has 10 heteroatoms. The Kier molecular flexibility index (Phi) is 18.3. The van der Waals surface area contributed by atoms with Crippen LogP contribution in [0.2, 0.25) is 0 Å². The van der Waals surface area contributed by atoms with Crippen LogP contribution in [0.25, 0.3) is 0 Å². The molecule has 3 aliphatic rings. The van der Waals surface area contributed by atoms with E-state index in [1.54, 1.807) is 0 Å². The van der Waals surface area contributed by atoms with Crippen LogP contribution in [0.3, 0.4) is 0 Å². The number of carbonyl (C=O) groups is 3. The first kappa shape index (κ1) is 34.5. The summed E-state index contributed by atoms with van der Waals surface area (Å²) in [6.07, 6.45) is 14.2. The zero-order valence-electron chi connectivity index (χ0n) is 22.6. The van der Waals surface area contributed by atoms with Gasteiger partial charge in [0.25, 0.3) is 0 Å². The molecule has 3 N–H and O–H groups in total. The predicted molar refractivity (Wildman–Crippen MR) is 140 cm³/mol. The molecule has 0 aliphatic carbocycles. The Morgan fingerprint density at radius 2 is 0.649 bits per heavy atom. The summed E-state index contributed by atoms with van der Waals surface area (Å²) in [5, 5.41) is 28.2. The van der Waals surface area contributed by atoms with Gasteiger partial charge in [-0.3, -0.25) is 14.4 Å². The molecule has 3 heterocycles. The molecule has 0 aromatic heterocycles. The fourth-order valence-electron chi connectivity index (χ4n) is 4.19. The van der Waals surface area contributed by atoms with Gasteiger partial charge in [-0.2, -0.15) is 0 Å². The van der Waals surface area contributed by atoms with Crippen LogP contribution in [0.5, 0.6) is 0 Å². The second-order valence-electron chi connectivity index (χ2n) is 9.48. The Hall–Kier alpha value is -2.45. The van der Waals surface area contributed by atoms with E-state index in [4.69, 9.17) is 0 Å². The van der Waals surface area contributed by atoms with Crippen molar-refractivity contribution in [2.45, 2.75) is 78.6 Å². The molecular weight excluding hydrogens is 518 g/mol. The number of piperidine rings is 3. The van der Waals surface area contributed by atoms with E-state index in [1.807, 2.05) is 14.7 Å². The van der Waals surface area contributed by atoms with E-state index >= 15 is 0 Å². The number of nitrogens with zero attached hydrogens (tertiary/aromatic N) is 3. The predicted octanol–water partition coefficient (Wildman–Crippen LogP) is 4.38. The van der Waals surface area contributed by atoms with Gasteiger partial charge in [-0.1, -0.05) is 0 Å². The number of likely N-dealkylation sites (tertiary alicyclic amines) is 3. The molecule has 3 rings (SSSR count). The third kappa shape index (κ3) is 16.1. The van der Waals surface area contributed by atoms with Gasteiger partial charge in [-0.25, -0.2) is 0 Å². The van der Waals surface area contributed by atoms with Crippen LogP contribution in [-0.2, 0) is 31.5 Å². The van der Waals surface area contributed by atoms with Gasteiger partial charge < -0.3 is 30.0 Å².